The van der Waals surface area contributed by atoms with Crippen LogP contribution in [0.3, 0.4) is 0 Å². The minimum Gasteiger partial charge on any atom is -0.456 e. The molecule has 21 aromatic rings. The Bertz CT molecular complexity index is 7960. The van der Waals surface area contributed by atoms with E-state index in [9.17, 15) is 11.0 Å². The van der Waals surface area contributed by atoms with E-state index in [-0.39, 0.29) is 91.4 Å². The van der Waals surface area contributed by atoms with Gasteiger partial charge in [0, 0.05) is 27.0 Å². The smallest absolute Gasteiger partial charge is 0.136 e. The molecule has 2 aromatic heterocycles. The maximum absolute atomic E-state index is 9.54. The molecule has 0 saturated carbocycles. The summed E-state index contributed by atoms with van der Waals surface area (Å²) >= 11 is 0. The number of hydrogen-bond donors (Lipinski definition) is 0. The first-order chi connectivity index (χ1) is 56.5. The van der Waals surface area contributed by atoms with Gasteiger partial charge in [-0.2, -0.15) is 0 Å². The van der Waals surface area contributed by atoms with Gasteiger partial charge in [0.05, 0.1) is 21.9 Å². The Morgan fingerprint density at radius 1 is 0.228 bits per heavy atom. The monoisotopic (exact) mass is 1300 g/mol. The third-order valence-corrected chi connectivity index (χ3v) is 21.1. The van der Waals surface area contributed by atoms with Crippen LogP contribution < -0.4 is 0 Å². The fraction of sp³-hybridized carbons (Fsp3) is 0.0303. The Kier molecular flexibility index (Phi) is 9.48. The molecule has 19 aromatic carbocycles. The lowest BCUT2D eigenvalue weighted by Gasteiger charge is -2.23. The van der Waals surface area contributed by atoms with Gasteiger partial charge < -0.3 is 8.83 Å². The van der Waals surface area contributed by atoms with Gasteiger partial charge in [-0.25, -0.2) is 0 Å². The van der Waals surface area contributed by atoms with Crippen LogP contribution >= 0.6 is 0 Å². The van der Waals surface area contributed by atoms with E-state index < -0.39 is 53.8 Å². The molecule has 0 N–H and O–H groups in total. The molecule has 0 fully saturated rings. The first-order valence-corrected chi connectivity index (χ1v) is 33.8. The van der Waals surface area contributed by atoms with Crippen molar-refractivity contribution < 1.29 is 30.8 Å². The average molecular weight is 1300 g/mol. The van der Waals surface area contributed by atoms with Gasteiger partial charge in [0.15, 0.2) is 0 Å². The Labute approximate surface area is 605 Å². The molecule has 0 aliphatic heterocycles. The van der Waals surface area contributed by atoms with Crippen molar-refractivity contribution in [3.8, 4) is 66.8 Å². The normalized spacial score (nSPS) is 15.0. The standard InChI is InChI=1S/C51H34O.C48H28O/c1-51(2)45-28-34(31-12-4-3-5-13-31)20-23-37(45)38-24-21-36(29-46(38)51)50-41-18-10-8-16-39(41)49(40-17-9-11-19-42(40)50)35-22-25-47-43(27-35)44-26-32-14-6-7-15-33(32)30-48(44)52-47;1-2-13-31-28-45-42(25-30(31)12-1)41-26-33(23-24-44(41)49-45)47-37-17-7-9-19-39(37)48(40-20-10-8-18-38(40)47)43-27-32-22-21-29-11-3-4-14-34(29)46(32)36-16-6-5-15-35(36)43/h3-30H,1-2H3;1-28H/i8D,9D,10D,11D,16D,17D,18D,19D;7D,8D,9D,10D,17D,18D,19D,20D. The highest BCUT2D eigenvalue weighted by Gasteiger charge is 2.36. The van der Waals surface area contributed by atoms with E-state index in [0.717, 1.165) is 109 Å². The molecule has 0 atom stereocenters. The van der Waals surface area contributed by atoms with E-state index >= 15 is 0 Å². The quantitative estimate of drug-likeness (QED) is 0.127. The molecule has 0 bridgehead atoms. The highest BCUT2D eigenvalue weighted by atomic mass is 16.3. The molecule has 1 aliphatic carbocycles. The zero-order valence-electron chi connectivity index (χ0n) is 70.4. The van der Waals surface area contributed by atoms with Crippen LogP contribution in [-0.2, 0) is 5.41 Å². The summed E-state index contributed by atoms with van der Waals surface area (Å²) in [6, 6.07) is 74.3. The van der Waals surface area contributed by atoms with E-state index in [1.807, 2.05) is 176 Å². The first-order valence-electron chi connectivity index (χ1n) is 41.8. The van der Waals surface area contributed by atoms with Crippen molar-refractivity contribution in [2.75, 3.05) is 0 Å². The summed E-state index contributed by atoms with van der Waals surface area (Å²) < 4.78 is 160. The summed E-state index contributed by atoms with van der Waals surface area (Å²) in [6.45, 7) is 4.35. The number of benzene rings is 19. The molecule has 0 radical (unpaired) electrons. The predicted octanol–water partition coefficient (Wildman–Crippen LogP) is 28.2. The van der Waals surface area contributed by atoms with Crippen LogP contribution in [0.25, 0.3) is 208 Å². The topological polar surface area (TPSA) is 26.3 Å². The minimum absolute atomic E-state index is 0.175. The highest BCUT2D eigenvalue weighted by molar-refractivity contribution is 6.29. The molecule has 1 aliphatic rings. The summed E-state index contributed by atoms with van der Waals surface area (Å²) in [5.74, 6) is 0. The van der Waals surface area contributed by atoms with Crippen LogP contribution in [0.4, 0.5) is 0 Å². The highest BCUT2D eigenvalue weighted by Crippen LogP contribution is 2.54. The van der Waals surface area contributed by atoms with E-state index in [1.54, 1.807) is 12.1 Å². The van der Waals surface area contributed by atoms with Crippen LogP contribution in [0.1, 0.15) is 46.9 Å². The first kappa shape index (κ1) is 43.4. The van der Waals surface area contributed by atoms with Crippen LogP contribution in [0, 0.1) is 0 Å². The van der Waals surface area contributed by atoms with Crippen molar-refractivity contribution in [2.45, 2.75) is 19.3 Å². The average Bonchev–Trinajstić information content (AvgIpc) is 1.04. The van der Waals surface area contributed by atoms with Gasteiger partial charge in [0.1, 0.15) is 22.3 Å². The van der Waals surface area contributed by atoms with Crippen LogP contribution in [0.5, 0.6) is 0 Å². The summed E-state index contributed by atoms with van der Waals surface area (Å²) in [5.41, 5.74) is 12.2. The molecule has 2 heterocycles. The molecule has 470 valence electrons. The largest absolute Gasteiger partial charge is 0.456 e. The summed E-state index contributed by atoms with van der Waals surface area (Å²) in [7, 11) is 0. The summed E-state index contributed by atoms with van der Waals surface area (Å²) in [6.07, 6.45) is 0. The Morgan fingerprint density at radius 2 is 0.594 bits per heavy atom. The number of hydrogen-bond acceptors (Lipinski definition) is 2. The van der Waals surface area contributed by atoms with Crippen molar-refractivity contribution in [2.24, 2.45) is 0 Å². The van der Waals surface area contributed by atoms with Crippen LogP contribution in [-0.4, -0.2) is 0 Å². The van der Waals surface area contributed by atoms with E-state index in [0.29, 0.717) is 66.8 Å². The molecule has 22 rings (SSSR count). The van der Waals surface area contributed by atoms with Gasteiger partial charge in [-0.1, -0.05) is 286 Å². The maximum Gasteiger partial charge on any atom is 0.136 e. The molecular formula is C99H62O2. The Morgan fingerprint density at radius 3 is 1.09 bits per heavy atom. The van der Waals surface area contributed by atoms with E-state index in [1.165, 1.54) is 0 Å². The molecule has 0 unspecified atom stereocenters. The Balaban J connectivity index is 0.000000146. The fourth-order valence-electron chi connectivity index (χ4n) is 16.4. The van der Waals surface area contributed by atoms with Gasteiger partial charge >= 0.3 is 0 Å². The molecule has 101 heavy (non-hydrogen) atoms. The van der Waals surface area contributed by atoms with Gasteiger partial charge in [-0.15, -0.1) is 0 Å². The predicted molar refractivity (Wildman–Crippen MR) is 430 cm³/mol. The van der Waals surface area contributed by atoms with Gasteiger partial charge in [-0.05, 0) is 242 Å². The Hall–Kier alpha value is -12.9. The van der Waals surface area contributed by atoms with Crippen molar-refractivity contribution in [1.29, 1.82) is 0 Å². The van der Waals surface area contributed by atoms with Crippen molar-refractivity contribution in [3.63, 3.8) is 0 Å². The number of furan rings is 2. The molecule has 2 nitrogen and oxygen atoms in total. The second-order valence-electron chi connectivity index (χ2n) is 26.9. The molecule has 2 heteroatoms. The third kappa shape index (κ3) is 8.78. The lowest BCUT2D eigenvalue weighted by Crippen LogP contribution is -2.15. The zero-order chi connectivity index (χ0) is 80.5. The van der Waals surface area contributed by atoms with Gasteiger partial charge in [0.25, 0.3) is 0 Å². The summed E-state index contributed by atoms with van der Waals surface area (Å²) in [4.78, 5) is 0. The second-order valence-corrected chi connectivity index (χ2v) is 26.9. The van der Waals surface area contributed by atoms with E-state index in [2.05, 4.69) is 68.4 Å². The number of rotatable bonds is 5. The lowest BCUT2D eigenvalue weighted by molar-refractivity contribution is 0.661. The third-order valence-electron chi connectivity index (χ3n) is 21.1. The number of fused-ring (bicyclic) bond motifs is 20. The SMILES string of the molecule is [2H]c1c([2H])c([2H])c2c(-c3cc4ccc5ccccc5c4c4ccccc34)c3c([2H])c([2H])c([2H])c([2H])c3c(-c3ccc4oc5cc6ccccc6cc5c4c3)c2c1[2H].[2H]c1c([2H])c([2H])c2c(-c3ccc4oc5cc6ccccc6cc5c4c3)c3c([2H])c([2H])c([2H])c([2H])c3c(-c3ccc4c(c3)C(C)(C)c3cc(-c5ccccc5)ccc3-4)c2c1[2H]. The van der Waals surface area contributed by atoms with Crippen LogP contribution in [0.2, 0.25) is 0 Å². The molecule has 0 spiro atoms. The van der Waals surface area contributed by atoms with Crippen LogP contribution in [0.15, 0.2) is 348 Å². The van der Waals surface area contributed by atoms with Crippen molar-refractivity contribution in [1.82, 2.24) is 0 Å². The zero-order valence-corrected chi connectivity index (χ0v) is 54.4. The van der Waals surface area contributed by atoms with E-state index in [4.69, 9.17) is 19.8 Å². The fourth-order valence-corrected chi connectivity index (χ4v) is 16.4. The molecular weight excluding hydrogens is 1220 g/mol. The van der Waals surface area contributed by atoms with Crippen molar-refractivity contribution in [3.05, 3.63) is 350 Å². The maximum atomic E-state index is 9.54. The van der Waals surface area contributed by atoms with Crippen molar-refractivity contribution >= 4 is 141 Å². The van der Waals surface area contributed by atoms with Gasteiger partial charge in [-0.3, -0.25) is 0 Å². The summed E-state index contributed by atoms with van der Waals surface area (Å²) in [5, 5.41) is 14.6. The minimum atomic E-state index is -0.469. The molecule has 0 saturated heterocycles. The lowest BCUT2D eigenvalue weighted by atomic mass is 9.80. The molecule has 0 amide bonds. The second kappa shape index (κ2) is 22.1. The van der Waals surface area contributed by atoms with Gasteiger partial charge in [0.2, 0.25) is 0 Å².